The topological polar surface area (TPSA) is 25.2 Å². The third kappa shape index (κ3) is 4.22. The molecule has 2 nitrogen and oxygen atoms in total. The van der Waals surface area contributed by atoms with Crippen molar-refractivity contribution >= 4 is 11.8 Å². The fourth-order valence-corrected chi connectivity index (χ4v) is 3.04. The Kier molecular flexibility index (Phi) is 5.29. The minimum Gasteiger partial charge on any atom is -0.468 e. The van der Waals surface area contributed by atoms with E-state index in [4.69, 9.17) is 4.42 Å². The summed E-state index contributed by atoms with van der Waals surface area (Å²) in [6.07, 6.45) is 8.63. The lowest BCUT2D eigenvalue weighted by atomic mass is 10.2. The summed E-state index contributed by atoms with van der Waals surface area (Å²) in [5.74, 6) is 3.32. The summed E-state index contributed by atoms with van der Waals surface area (Å²) in [4.78, 5) is 0. The standard InChI is InChI=1S/C13H21NOS/c1-2-6-12(5-1)14-8-4-10-16-11-13-7-3-9-15-13/h3,7,9,12,14H,1-2,4-6,8,10-11H2. The van der Waals surface area contributed by atoms with Crippen molar-refractivity contribution in [1.82, 2.24) is 5.32 Å². The Hall–Kier alpha value is -0.410. The van der Waals surface area contributed by atoms with E-state index in [0.29, 0.717) is 0 Å². The maximum absolute atomic E-state index is 5.28. The summed E-state index contributed by atoms with van der Waals surface area (Å²) in [5, 5.41) is 3.64. The van der Waals surface area contributed by atoms with Crippen molar-refractivity contribution in [2.45, 2.75) is 43.9 Å². The van der Waals surface area contributed by atoms with Gasteiger partial charge in [0, 0.05) is 6.04 Å². The quantitative estimate of drug-likeness (QED) is 0.738. The molecule has 0 aliphatic heterocycles. The molecule has 1 aromatic rings. The van der Waals surface area contributed by atoms with Crippen LogP contribution in [0.1, 0.15) is 37.9 Å². The molecule has 0 unspecified atom stereocenters. The summed E-state index contributed by atoms with van der Waals surface area (Å²) in [6.45, 7) is 1.18. The maximum atomic E-state index is 5.28. The SMILES string of the molecule is c1coc(CSCCCNC2CCCC2)c1. The van der Waals surface area contributed by atoms with Gasteiger partial charge in [0.2, 0.25) is 0 Å². The van der Waals surface area contributed by atoms with Crippen molar-refractivity contribution in [3.8, 4) is 0 Å². The summed E-state index contributed by atoms with van der Waals surface area (Å²) >= 11 is 1.96. The highest BCUT2D eigenvalue weighted by Crippen LogP contribution is 2.17. The van der Waals surface area contributed by atoms with E-state index in [0.717, 1.165) is 17.6 Å². The number of furan rings is 1. The van der Waals surface area contributed by atoms with Crippen LogP contribution in [-0.2, 0) is 5.75 Å². The highest BCUT2D eigenvalue weighted by molar-refractivity contribution is 7.98. The molecule has 2 rings (SSSR count). The zero-order valence-corrected chi connectivity index (χ0v) is 10.6. The highest BCUT2D eigenvalue weighted by atomic mass is 32.2. The monoisotopic (exact) mass is 239 g/mol. The molecular formula is C13H21NOS. The molecule has 0 atom stereocenters. The average Bonchev–Trinajstić information content (AvgIpc) is 2.96. The lowest BCUT2D eigenvalue weighted by Gasteiger charge is -2.10. The Balaban J connectivity index is 1.43. The molecule has 1 N–H and O–H groups in total. The first-order valence-electron chi connectivity index (χ1n) is 6.28. The second-order valence-electron chi connectivity index (χ2n) is 4.42. The Labute approximate surface area is 102 Å². The van der Waals surface area contributed by atoms with Crippen LogP contribution in [0.25, 0.3) is 0 Å². The number of nitrogens with one attached hydrogen (secondary N) is 1. The molecule has 1 fully saturated rings. The van der Waals surface area contributed by atoms with Gasteiger partial charge in [-0.1, -0.05) is 12.8 Å². The van der Waals surface area contributed by atoms with Crippen molar-refractivity contribution in [3.63, 3.8) is 0 Å². The molecule has 0 saturated heterocycles. The van der Waals surface area contributed by atoms with Crippen LogP contribution in [0.15, 0.2) is 22.8 Å². The first-order chi connectivity index (χ1) is 7.95. The average molecular weight is 239 g/mol. The number of thioether (sulfide) groups is 1. The maximum Gasteiger partial charge on any atom is 0.113 e. The molecule has 1 aromatic heterocycles. The van der Waals surface area contributed by atoms with Gasteiger partial charge >= 0.3 is 0 Å². The zero-order valence-electron chi connectivity index (χ0n) is 9.78. The first-order valence-corrected chi connectivity index (χ1v) is 7.44. The van der Waals surface area contributed by atoms with Crippen molar-refractivity contribution in [1.29, 1.82) is 0 Å². The van der Waals surface area contributed by atoms with Crippen molar-refractivity contribution < 1.29 is 4.42 Å². The highest BCUT2D eigenvalue weighted by Gasteiger charge is 2.12. The van der Waals surface area contributed by atoms with Crippen LogP contribution in [0.3, 0.4) is 0 Å². The molecule has 16 heavy (non-hydrogen) atoms. The van der Waals surface area contributed by atoms with Crippen LogP contribution < -0.4 is 5.32 Å². The van der Waals surface area contributed by atoms with Gasteiger partial charge in [0.05, 0.1) is 12.0 Å². The van der Waals surface area contributed by atoms with Crippen molar-refractivity contribution in [2.24, 2.45) is 0 Å². The van der Waals surface area contributed by atoms with E-state index >= 15 is 0 Å². The third-order valence-electron chi connectivity index (χ3n) is 3.08. The lowest BCUT2D eigenvalue weighted by molar-refractivity contribution is 0.523. The summed E-state index contributed by atoms with van der Waals surface area (Å²) in [5.41, 5.74) is 0. The van der Waals surface area contributed by atoms with E-state index in [1.54, 1.807) is 6.26 Å². The van der Waals surface area contributed by atoms with E-state index in [2.05, 4.69) is 5.32 Å². The Bertz CT molecular complexity index is 267. The van der Waals surface area contributed by atoms with E-state index in [1.165, 1.54) is 44.4 Å². The first kappa shape index (κ1) is 12.1. The number of hydrogen-bond donors (Lipinski definition) is 1. The summed E-state index contributed by atoms with van der Waals surface area (Å²) < 4.78 is 5.28. The van der Waals surface area contributed by atoms with Crippen LogP contribution in [0.4, 0.5) is 0 Å². The molecule has 0 aromatic carbocycles. The predicted molar refractivity (Wildman–Crippen MR) is 69.7 cm³/mol. The van der Waals surface area contributed by atoms with E-state index in [-0.39, 0.29) is 0 Å². The number of rotatable bonds is 7. The minimum atomic E-state index is 0.815. The Morgan fingerprint density at radius 3 is 3.00 bits per heavy atom. The fourth-order valence-electron chi connectivity index (χ4n) is 2.18. The lowest BCUT2D eigenvalue weighted by Crippen LogP contribution is -2.27. The van der Waals surface area contributed by atoms with Crippen LogP contribution in [0.5, 0.6) is 0 Å². The molecule has 1 heterocycles. The molecule has 0 spiro atoms. The normalized spacial score (nSPS) is 17.0. The van der Waals surface area contributed by atoms with Crippen LogP contribution in [0, 0.1) is 0 Å². The Morgan fingerprint density at radius 1 is 1.38 bits per heavy atom. The van der Waals surface area contributed by atoms with Crippen molar-refractivity contribution in [2.75, 3.05) is 12.3 Å². The molecule has 1 aliphatic rings. The van der Waals surface area contributed by atoms with Gasteiger partial charge in [-0.3, -0.25) is 0 Å². The van der Waals surface area contributed by atoms with E-state index in [1.807, 2.05) is 23.9 Å². The molecule has 90 valence electrons. The van der Waals surface area contributed by atoms with Gasteiger partial charge in [-0.15, -0.1) is 0 Å². The van der Waals surface area contributed by atoms with Crippen LogP contribution in [0.2, 0.25) is 0 Å². The Morgan fingerprint density at radius 2 is 2.25 bits per heavy atom. The summed E-state index contributed by atoms with van der Waals surface area (Å²) in [7, 11) is 0. The van der Waals surface area contributed by atoms with Gasteiger partial charge in [-0.25, -0.2) is 0 Å². The third-order valence-corrected chi connectivity index (χ3v) is 4.14. The second kappa shape index (κ2) is 7.02. The number of hydrogen-bond acceptors (Lipinski definition) is 3. The smallest absolute Gasteiger partial charge is 0.113 e. The van der Waals surface area contributed by atoms with E-state index in [9.17, 15) is 0 Å². The molecule has 3 heteroatoms. The summed E-state index contributed by atoms with van der Waals surface area (Å²) in [6, 6.07) is 4.82. The van der Waals surface area contributed by atoms with Crippen LogP contribution >= 0.6 is 11.8 Å². The fraction of sp³-hybridized carbons (Fsp3) is 0.692. The predicted octanol–water partition coefficient (Wildman–Crippen LogP) is 3.44. The van der Waals surface area contributed by atoms with Gasteiger partial charge in [-0.2, -0.15) is 11.8 Å². The van der Waals surface area contributed by atoms with Crippen molar-refractivity contribution in [3.05, 3.63) is 24.2 Å². The van der Waals surface area contributed by atoms with Gasteiger partial charge in [-0.05, 0) is 43.7 Å². The molecule has 0 radical (unpaired) electrons. The molecule has 1 aliphatic carbocycles. The van der Waals surface area contributed by atoms with E-state index < -0.39 is 0 Å². The van der Waals surface area contributed by atoms with Gasteiger partial charge in [0.1, 0.15) is 5.76 Å². The van der Waals surface area contributed by atoms with Gasteiger partial charge < -0.3 is 9.73 Å². The molecule has 0 amide bonds. The van der Waals surface area contributed by atoms with Crippen LogP contribution in [-0.4, -0.2) is 18.3 Å². The largest absolute Gasteiger partial charge is 0.468 e. The zero-order chi connectivity index (χ0) is 11.1. The van der Waals surface area contributed by atoms with Gasteiger partial charge in [0.25, 0.3) is 0 Å². The van der Waals surface area contributed by atoms with Gasteiger partial charge in [0.15, 0.2) is 0 Å². The molecular weight excluding hydrogens is 218 g/mol. The second-order valence-corrected chi connectivity index (χ2v) is 5.53. The molecule has 1 saturated carbocycles. The minimum absolute atomic E-state index is 0.815. The molecule has 0 bridgehead atoms.